The Hall–Kier alpha value is -3.54. The van der Waals surface area contributed by atoms with Gasteiger partial charge in [-0.1, -0.05) is 49.2 Å². The monoisotopic (exact) mass is 557 g/mol. The first kappa shape index (κ1) is 29.0. The summed E-state index contributed by atoms with van der Waals surface area (Å²) in [6.45, 7) is 7.47. The molecule has 2 N–H and O–H groups in total. The highest BCUT2D eigenvalue weighted by molar-refractivity contribution is 7.89. The van der Waals surface area contributed by atoms with Crippen molar-refractivity contribution in [3.8, 4) is 5.75 Å². The smallest absolute Gasteiger partial charge is 0.339 e. The van der Waals surface area contributed by atoms with Crippen LogP contribution in [0, 0.1) is 19.8 Å². The van der Waals surface area contributed by atoms with Crippen LogP contribution in [0.5, 0.6) is 5.75 Å². The highest BCUT2D eigenvalue weighted by Crippen LogP contribution is 2.19. The van der Waals surface area contributed by atoms with Crippen molar-refractivity contribution in [1.82, 2.24) is 10.1 Å². The van der Waals surface area contributed by atoms with E-state index < -0.39 is 32.1 Å². The van der Waals surface area contributed by atoms with Crippen LogP contribution in [0.15, 0.2) is 87.7 Å². The molecule has 0 fully saturated rings. The van der Waals surface area contributed by atoms with E-state index in [4.69, 9.17) is 4.18 Å². The molecule has 0 aliphatic carbocycles. The average Bonchev–Trinajstić information content (AvgIpc) is 2.84. The Labute approximate surface area is 224 Å². The fourth-order valence-corrected chi connectivity index (χ4v) is 5.53. The molecule has 202 valence electrons. The summed E-state index contributed by atoms with van der Waals surface area (Å²) in [6.07, 6.45) is 1.63. The average molecular weight is 558 g/mol. The van der Waals surface area contributed by atoms with E-state index in [-0.39, 0.29) is 27.9 Å². The van der Waals surface area contributed by atoms with Crippen LogP contribution in [0.25, 0.3) is 0 Å². The number of sulfonamides is 1. The molecule has 0 bridgehead atoms. The fourth-order valence-electron chi connectivity index (χ4n) is 3.39. The van der Waals surface area contributed by atoms with Gasteiger partial charge in [0, 0.05) is 0 Å². The van der Waals surface area contributed by atoms with E-state index in [9.17, 15) is 21.6 Å². The Morgan fingerprint density at radius 3 is 1.89 bits per heavy atom. The van der Waals surface area contributed by atoms with E-state index in [1.807, 2.05) is 27.7 Å². The topological polar surface area (TPSA) is 131 Å². The van der Waals surface area contributed by atoms with Crippen molar-refractivity contribution in [1.29, 1.82) is 0 Å². The van der Waals surface area contributed by atoms with Crippen molar-refractivity contribution < 1.29 is 25.8 Å². The van der Waals surface area contributed by atoms with E-state index in [0.717, 1.165) is 11.1 Å². The SMILES string of the molecule is Cc1ccc(S(=O)(=O)N[C@H](CC(C)C)C(=O)N/N=C\c2ccc(OS(=O)(=O)c3ccc(C)cc3)cc2)cc1. The number of hydrogen-bond donors (Lipinski definition) is 2. The quantitative estimate of drug-likeness (QED) is 0.209. The van der Waals surface area contributed by atoms with Gasteiger partial charge in [-0.2, -0.15) is 18.2 Å². The lowest BCUT2D eigenvalue weighted by molar-refractivity contribution is -0.123. The molecule has 0 saturated carbocycles. The summed E-state index contributed by atoms with van der Waals surface area (Å²) in [5.41, 5.74) is 4.78. The third-order valence-corrected chi connectivity index (χ3v) is 8.19. The molecule has 3 aromatic rings. The van der Waals surface area contributed by atoms with Crippen LogP contribution in [-0.2, 0) is 24.9 Å². The van der Waals surface area contributed by atoms with Gasteiger partial charge in [0.2, 0.25) is 10.0 Å². The molecule has 0 aliphatic heterocycles. The number of amides is 1. The van der Waals surface area contributed by atoms with E-state index in [1.165, 1.54) is 42.6 Å². The van der Waals surface area contributed by atoms with Gasteiger partial charge in [0.05, 0.1) is 11.1 Å². The summed E-state index contributed by atoms with van der Waals surface area (Å²) in [7, 11) is -7.89. The normalized spacial score (nSPS) is 13.0. The lowest BCUT2D eigenvalue weighted by atomic mass is 10.0. The zero-order chi connectivity index (χ0) is 27.9. The van der Waals surface area contributed by atoms with E-state index in [0.29, 0.717) is 5.56 Å². The summed E-state index contributed by atoms with van der Waals surface area (Å²) in [4.78, 5) is 12.9. The molecule has 0 radical (unpaired) electrons. The van der Waals surface area contributed by atoms with Crippen molar-refractivity contribution in [2.24, 2.45) is 11.0 Å². The molecule has 1 atom stereocenters. The molecule has 0 aliphatic rings. The standard InChI is InChI=1S/C27H31N3O6S2/c1-19(2)17-26(30-37(32,33)24-13-5-20(3)6-14-24)27(31)29-28-18-22-9-11-23(12-10-22)36-38(34,35)25-15-7-21(4)8-16-25/h5-16,18-19,26,30H,17H2,1-4H3,(H,29,31)/b28-18-/t26-/m1/s1. The Balaban J connectivity index is 1.63. The molecule has 0 spiro atoms. The van der Waals surface area contributed by atoms with Gasteiger partial charge in [-0.05, 0) is 80.3 Å². The Bertz CT molecular complexity index is 1480. The lowest BCUT2D eigenvalue weighted by Crippen LogP contribution is -2.46. The zero-order valence-corrected chi connectivity index (χ0v) is 23.2. The summed E-state index contributed by atoms with van der Waals surface area (Å²) in [5, 5.41) is 3.93. The first-order chi connectivity index (χ1) is 17.9. The minimum atomic E-state index is -3.97. The summed E-state index contributed by atoms with van der Waals surface area (Å²) < 4.78 is 58.1. The van der Waals surface area contributed by atoms with E-state index >= 15 is 0 Å². The van der Waals surface area contributed by atoms with Gasteiger partial charge in [0.1, 0.15) is 16.7 Å². The Morgan fingerprint density at radius 2 is 1.37 bits per heavy atom. The van der Waals surface area contributed by atoms with Crippen molar-refractivity contribution in [2.75, 3.05) is 0 Å². The molecule has 3 rings (SSSR count). The predicted molar refractivity (Wildman–Crippen MR) is 146 cm³/mol. The number of aryl methyl sites for hydroxylation is 2. The van der Waals surface area contributed by atoms with E-state index in [1.54, 1.807) is 36.4 Å². The predicted octanol–water partition coefficient (Wildman–Crippen LogP) is 3.91. The lowest BCUT2D eigenvalue weighted by Gasteiger charge is -2.19. The molecule has 1 amide bonds. The van der Waals surface area contributed by atoms with Crippen molar-refractivity contribution in [3.05, 3.63) is 89.5 Å². The second-order valence-corrected chi connectivity index (χ2v) is 12.5. The molecule has 38 heavy (non-hydrogen) atoms. The first-order valence-electron chi connectivity index (χ1n) is 11.9. The molecule has 9 nitrogen and oxygen atoms in total. The Morgan fingerprint density at radius 1 is 0.842 bits per heavy atom. The zero-order valence-electron chi connectivity index (χ0n) is 21.6. The molecular formula is C27H31N3O6S2. The van der Waals surface area contributed by atoms with Crippen LogP contribution in [0.4, 0.5) is 0 Å². The molecule has 0 unspecified atom stereocenters. The van der Waals surface area contributed by atoms with Gasteiger partial charge in [-0.25, -0.2) is 13.8 Å². The van der Waals surface area contributed by atoms with Gasteiger partial charge < -0.3 is 4.18 Å². The molecule has 0 heterocycles. The van der Waals surface area contributed by atoms with Crippen molar-refractivity contribution in [3.63, 3.8) is 0 Å². The summed E-state index contributed by atoms with van der Waals surface area (Å²) in [5.74, 6) is -0.441. The number of hydrazone groups is 1. The van der Waals surface area contributed by atoms with Crippen LogP contribution < -0.4 is 14.3 Å². The second kappa shape index (κ2) is 12.3. The molecular weight excluding hydrogens is 526 g/mol. The van der Waals surface area contributed by atoms with Gasteiger partial charge in [-0.3, -0.25) is 4.79 Å². The number of nitrogens with zero attached hydrogens (tertiary/aromatic N) is 1. The highest BCUT2D eigenvalue weighted by atomic mass is 32.2. The van der Waals surface area contributed by atoms with Crippen LogP contribution >= 0.6 is 0 Å². The summed E-state index contributed by atoms with van der Waals surface area (Å²) >= 11 is 0. The number of carbonyl (C=O) groups is 1. The first-order valence-corrected chi connectivity index (χ1v) is 14.8. The molecule has 11 heteroatoms. The molecule has 0 saturated heterocycles. The van der Waals surface area contributed by atoms with Gasteiger partial charge in [0.15, 0.2) is 0 Å². The van der Waals surface area contributed by atoms with Crippen LogP contribution in [-0.4, -0.2) is 35.0 Å². The number of carbonyl (C=O) groups excluding carboxylic acids is 1. The number of hydrogen-bond acceptors (Lipinski definition) is 7. The third kappa shape index (κ3) is 8.23. The molecule has 0 aromatic heterocycles. The van der Waals surface area contributed by atoms with Crippen LogP contribution in [0.3, 0.4) is 0 Å². The van der Waals surface area contributed by atoms with Crippen molar-refractivity contribution in [2.45, 2.75) is 49.9 Å². The number of benzene rings is 3. The third-order valence-electron chi connectivity index (χ3n) is 5.44. The molecule has 3 aromatic carbocycles. The number of rotatable bonds is 11. The van der Waals surface area contributed by atoms with E-state index in [2.05, 4.69) is 15.2 Å². The highest BCUT2D eigenvalue weighted by Gasteiger charge is 2.26. The largest absolute Gasteiger partial charge is 0.379 e. The fraction of sp³-hybridized carbons (Fsp3) is 0.259. The Kier molecular flexibility index (Phi) is 9.42. The van der Waals surface area contributed by atoms with Crippen LogP contribution in [0.1, 0.15) is 37.0 Å². The van der Waals surface area contributed by atoms with Crippen molar-refractivity contribution >= 4 is 32.3 Å². The second-order valence-electron chi connectivity index (χ2n) is 9.27. The van der Waals surface area contributed by atoms with Crippen LogP contribution in [0.2, 0.25) is 0 Å². The maximum absolute atomic E-state index is 12.8. The van der Waals surface area contributed by atoms with Gasteiger partial charge in [-0.15, -0.1) is 0 Å². The van der Waals surface area contributed by atoms with Gasteiger partial charge in [0.25, 0.3) is 5.91 Å². The minimum absolute atomic E-state index is 0.0409. The maximum atomic E-state index is 12.8. The summed E-state index contributed by atoms with van der Waals surface area (Å²) in [6, 6.07) is 17.7. The van der Waals surface area contributed by atoms with Gasteiger partial charge >= 0.3 is 10.1 Å². The number of nitrogens with one attached hydrogen (secondary N) is 2. The maximum Gasteiger partial charge on any atom is 0.339 e. The minimum Gasteiger partial charge on any atom is -0.379 e.